The summed E-state index contributed by atoms with van der Waals surface area (Å²) >= 11 is 6.12. The van der Waals surface area contributed by atoms with E-state index < -0.39 is 0 Å². The Labute approximate surface area is 134 Å². The van der Waals surface area contributed by atoms with Crippen LogP contribution in [0, 0.1) is 25.2 Å². The molecule has 0 aliphatic rings. The van der Waals surface area contributed by atoms with E-state index in [1.54, 1.807) is 0 Å². The number of imidazole rings is 1. The molecule has 3 aromatic rings. The van der Waals surface area contributed by atoms with Crippen molar-refractivity contribution in [1.29, 1.82) is 5.26 Å². The lowest BCUT2D eigenvalue weighted by atomic mass is 10.0. The monoisotopic (exact) mass is 309 g/mol. The second-order valence-corrected chi connectivity index (χ2v) is 6.00. The average molecular weight is 310 g/mol. The van der Waals surface area contributed by atoms with Gasteiger partial charge in [-0.05, 0) is 50.1 Å². The molecule has 22 heavy (non-hydrogen) atoms. The predicted molar refractivity (Wildman–Crippen MR) is 89.1 cm³/mol. The van der Waals surface area contributed by atoms with Gasteiger partial charge in [0.1, 0.15) is 5.65 Å². The van der Waals surface area contributed by atoms with Crippen molar-refractivity contribution in [2.75, 3.05) is 0 Å². The van der Waals surface area contributed by atoms with Crippen molar-refractivity contribution in [1.82, 2.24) is 9.38 Å². The summed E-state index contributed by atoms with van der Waals surface area (Å²) in [6.45, 7) is 5.91. The average Bonchev–Trinajstić information content (AvgIpc) is 2.87. The highest BCUT2D eigenvalue weighted by Crippen LogP contribution is 2.32. The molecule has 0 fully saturated rings. The van der Waals surface area contributed by atoms with Gasteiger partial charge < -0.3 is 4.40 Å². The van der Waals surface area contributed by atoms with Crippen molar-refractivity contribution in [3.05, 3.63) is 58.4 Å². The molecule has 0 saturated carbocycles. The maximum atomic E-state index is 9.39. The van der Waals surface area contributed by atoms with Crippen molar-refractivity contribution >= 4 is 17.2 Å². The molecule has 1 atom stereocenters. The number of benzene rings is 1. The Bertz CT molecular complexity index is 903. The number of nitriles is 1. The lowest BCUT2D eigenvalue weighted by molar-refractivity contribution is 0.897. The van der Waals surface area contributed by atoms with E-state index >= 15 is 0 Å². The van der Waals surface area contributed by atoms with Crippen LogP contribution in [0.3, 0.4) is 0 Å². The molecule has 0 bridgehead atoms. The molecule has 0 amide bonds. The minimum atomic E-state index is -0.247. The van der Waals surface area contributed by atoms with Gasteiger partial charge in [0.25, 0.3) is 0 Å². The standard InChI is InChI=1S/C18H16ClN3/c1-11-4-7-16-21-17(14-5-6-15(19)12(2)8-14)18(13(3)9-20)22(16)10-11/h4-8,10,13H,1-3H3. The van der Waals surface area contributed by atoms with Crippen LogP contribution in [0.5, 0.6) is 0 Å². The van der Waals surface area contributed by atoms with Crippen molar-refractivity contribution in [3.8, 4) is 17.3 Å². The largest absolute Gasteiger partial charge is 0.302 e. The van der Waals surface area contributed by atoms with Crippen molar-refractivity contribution in [2.24, 2.45) is 0 Å². The fraction of sp³-hybridized carbons (Fsp3) is 0.222. The Morgan fingerprint density at radius 3 is 2.68 bits per heavy atom. The number of hydrogen-bond donors (Lipinski definition) is 0. The molecule has 1 unspecified atom stereocenters. The summed E-state index contributed by atoms with van der Waals surface area (Å²) in [6, 6.07) is 12.2. The molecule has 0 radical (unpaired) electrons. The summed E-state index contributed by atoms with van der Waals surface area (Å²) < 4.78 is 2.02. The quantitative estimate of drug-likeness (QED) is 0.675. The number of fused-ring (bicyclic) bond motifs is 1. The zero-order valence-corrected chi connectivity index (χ0v) is 13.5. The molecule has 3 rings (SSSR count). The number of aryl methyl sites for hydroxylation is 2. The van der Waals surface area contributed by atoms with Gasteiger partial charge in [-0.25, -0.2) is 4.98 Å². The van der Waals surface area contributed by atoms with E-state index in [-0.39, 0.29) is 5.92 Å². The first kappa shape index (κ1) is 14.6. The summed E-state index contributed by atoms with van der Waals surface area (Å²) in [5, 5.41) is 10.1. The van der Waals surface area contributed by atoms with E-state index in [0.717, 1.165) is 38.7 Å². The smallest absolute Gasteiger partial charge is 0.137 e. The fourth-order valence-electron chi connectivity index (χ4n) is 2.65. The molecular formula is C18H16ClN3. The lowest BCUT2D eigenvalue weighted by Crippen LogP contribution is -1.99. The second-order valence-electron chi connectivity index (χ2n) is 5.60. The Morgan fingerprint density at radius 1 is 1.23 bits per heavy atom. The molecule has 0 N–H and O–H groups in total. The maximum absolute atomic E-state index is 9.39. The third kappa shape index (κ3) is 2.36. The third-order valence-corrected chi connectivity index (χ3v) is 4.26. The van der Waals surface area contributed by atoms with E-state index in [1.807, 2.05) is 61.7 Å². The molecular weight excluding hydrogens is 294 g/mol. The highest BCUT2D eigenvalue weighted by molar-refractivity contribution is 6.31. The van der Waals surface area contributed by atoms with Crippen molar-refractivity contribution < 1.29 is 0 Å². The van der Waals surface area contributed by atoms with E-state index in [1.165, 1.54) is 0 Å². The maximum Gasteiger partial charge on any atom is 0.137 e. The van der Waals surface area contributed by atoms with Crippen LogP contribution in [0.15, 0.2) is 36.5 Å². The first-order chi connectivity index (χ1) is 10.5. The molecule has 0 saturated heterocycles. The van der Waals surface area contributed by atoms with E-state index in [4.69, 9.17) is 16.6 Å². The first-order valence-electron chi connectivity index (χ1n) is 7.16. The predicted octanol–water partition coefficient (Wildman–Crippen LogP) is 4.90. The van der Waals surface area contributed by atoms with Crippen LogP contribution < -0.4 is 0 Å². The highest BCUT2D eigenvalue weighted by atomic mass is 35.5. The summed E-state index contributed by atoms with van der Waals surface area (Å²) in [7, 11) is 0. The Balaban J connectivity index is 2.33. The Kier molecular flexibility index (Phi) is 3.64. The van der Waals surface area contributed by atoms with Crippen LogP contribution in [-0.2, 0) is 0 Å². The Morgan fingerprint density at radius 2 is 2.00 bits per heavy atom. The third-order valence-electron chi connectivity index (χ3n) is 3.84. The Hall–Kier alpha value is -2.31. The van der Waals surface area contributed by atoms with Crippen LogP contribution in [-0.4, -0.2) is 9.38 Å². The number of hydrogen-bond acceptors (Lipinski definition) is 2. The van der Waals surface area contributed by atoms with Crippen molar-refractivity contribution in [2.45, 2.75) is 26.7 Å². The van der Waals surface area contributed by atoms with Gasteiger partial charge in [-0.1, -0.05) is 23.7 Å². The summed E-state index contributed by atoms with van der Waals surface area (Å²) in [5.41, 5.74) is 5.74. The summed E-state index contributed by atoms with van der Waals surface area (Å²) in [6.07, 6.45) is 2.03. The molecule has 3 nitrogen and oxygen atoms in total. The van der Waals surface area contributed by atoms with Gasteiger partial charge in [0.05, 0.1) is 23.4 Å². The van der Waals surface area contributed by atoms with Crippen LogP contribution in [0.4, 0.5) is 0 Å². The molecule has 4 heteroatoms. The van der Waals surface area contributed by atoms with Crippen LogP contribution in [0.25, 0.3) is 16.9 Å². The molecule has 2 heterocycles. The number of nitrogens with zero attached hydrogens (tertiary/aromatic N) is 3. The summed E-state index contributed by atoms with van der Waals surface area (Å²) in [4.78, 5) is 4.73. The first-order valence-corrected chi connectivity index (χ1v) is 7.54. The van der Waals surface area contributed by atoms with Crippen LogP contribution in [0.1, 0.15) is 29.7 Å². The fourth-order valence-corrected chi connectivity index (χ4v) is 2.77. The highest BCUT2D eigenvalue weighted by Gasteiger charge is 2.19. The van der Waals surface area contributed by atoms with E-state index in [0.29, 0.717) is 0 Å². The molecule has 0 spiro atoms. The SMILES string of the molecule is Cc1ccc2nc(-c3ccc(Cl)c(C)c3)c(C(C)C#N)n2c1. The molecule has 0 aliphatic heterocycles. The molecule has 2 aromatic heterocycles. The zero-order valence-electron chi connectivity index (χ0n) is 12.8. The minimum absolute atomic E-state index is 0.247. The number of halogens is 1. The van der Waals surface area contributed by atoms with Gasteiger partial charge >= 0.3 is 0 Å². The van der Waals surface area contributed by atoms with Gasteiger partial charge in [0.15, 0.2) is 0 Å². The number of rotatable bonds is 2. The normalized spacial score (nSPS) is 12.3. The number of aromatic nitrogens is 2. The van der Waals surface area contributed by atoms with Gasteiger partial charge in [0, 0.05) is 16.8 Å². The molecule has 110 valence electrons. The van der Waals surface area contributed by atoms with Gasteiger partial charge in [-0.15, -0.1) is 0 Å². The van der Waals surface area contributed by atoms with E-state index in [2.05, 4.69) is 6.07 Å². The second kappa shape index (κ2) is 5.47. The summed E-state index contributed by atoms with van der Waals surface area (Å²) in [5.74, 6) is -0.247. The molecule has 1 aromatic carbocycles. The number of pyridine rings is 1. The lowest BCUT2D eigenvalue weighted by Gasteiger charge is -2.08. The van der Waals surface area contributed by atoms with Crippen molar-refractivity contribution in [3.63, 3.8) is 0 Å². The van der Waals surface area contributed by atoms with Gasteiger partial charge in [0.2, 0.25) is 0 Å². The topological polar surface area (TPSA) is 41.1 Å². The molecule has 0 aliphatic carbocycles. The van der Waals surface area contributed by atoms with Gasteiger partial charge in [-0.3, -0.25) is 0 Å². The minimum Gasteiger partial charge on any atom is -0.302 e. The zero-order chi connectivity index (χ0) is 15.9. The van der Waals surface area contributed by atoms with Crippen LogP contribution in [0.2, 0.25) is 5.02 Å². The van der Waals surface area contributed by atoms with Gasteiger partial charge in [-0.2, -0.15) is 5.26 Å². The van der Waals surface area contributed by atoms with E-state index in [9.17, 15) is 5.26 Å². The van der Waals surface area contributed by atoms with Crippen LogP contribution >= 0.6 is 11.6 Å².